The van der Waals surface area contributed by atoms with Gasteiger partial charge >= 0.3 is 6.03 Å². The number of rotatable bonds is 5. The van der Waals surface area contributed by atoms with E-state index in [1.165, 1.54) is 5.69 Å². The largest absolute Gasteiger partial charge is 0.378 e. The third kappa shape index (κ3) is 4.43. The number of nitrogens with zero attached hydrogens (tertiary/aromatic N) is 3. The van der Waals surface area contributed by atoms with Gasteiger partial charge in [0.2, 0.25) is 0 Å². The van der Waals surface area contributed by atoms with Crippen LogP contribution in [0.2, 0.25) is 0 Å². The van der Waals surface area contributed by atoms with Crippen molar-refractivity contribution in [3.63, 3.8) is 0 Å². The van der Waals surface area contributed by atoms with Crippen molar-refractivity contribution in [1.82, 2.24) is 15.2 Å². The highest BCUT2D eigenvalue weighted by Crippen LogP contribution is 2.22. The summed E-state index contributed by atoms with van der Waals surface area (Å²) >= 11 is 1.63. The molecule has 1 fully saturated rings. The number of carbonyl (C=O) groups excluding carboxylic acids is 1. The van der Waals surface area contributed by atoms with Crippen LogP contribution in [0.1, 0.15) is 10.6 Å². The summed E-state index contributed by atoms with van der Waals surface area (Å²) in [7, 11) is 1.79. The molecule has 6 nitrogen and oxygen atoms in total. The van der Waals surface area contributed by atoms with E-state index in [2.05, 4.69) is 45.5 Å². The first kappa shape index (κ1) is 18.7. The van der Waals surface area contributed by atoms with E-state index in [0.29, 0.717) is 13.1 Å². The fourth-order valence-electron chi connectivity index (χ4n) is 3.22. The SMILES string of the molecule is CN(Cc1nc2ccccc2s1)C(=O)NCc1ccc(N2CCOCC2)cc1. The number of urea groups is 1. The van der Waals surface area contributed by atoms with E-state index in [-0.39, 0.29) is 6.03 Å². The number of nitrogens with one attached hydrogen (secondary N) is 1. The Morgan fingerprint density at radius 3 is 2.68 bits per heavy atom. The van der Waals surface area contributed by atoms with Crippen LogP contribution in [0.25, 0.3) is 10.2 Å². The summed E-state index contributed by atoms with van der Waals surface area (Å²) in [4.78, 5) is 21.0. The predicted molar refractivity (Wildman–Crippen MR) is 113 cm³/mol. The Balaban J connectivity index is 1.29. The first-order chi connectivity index (χ1) is 13.7. The van der Waals surface area contributed by atoms with Gasteiger partial charge in [-0.25, -0.2) is 9.78 Å². The van der Waals surface area contributed by atoms with E-state index in [4.69, 9.17) is 4.74 Å². The molecule has 1 N–H and O–H groups in total. The number of benzene rings is 2. The maximum Gasteiger partial charge on any atom is 0.317 e. The van der Waals surface area contributed by atoms with Crippen LogP contribution in [0, 0.1) is 0 Å². The lowest BCUT2D eigenvalue weighted by Crippen LogP contribution is -2.36. The zero-order chi connectivity index (χ0) is 19.3. The zero-order valence-corrected chi connectivity index (χ0v) is 16.7. The number of hydrogen-bond donors (Lipinski definition) is 1. The molecule has 2 heterocycles. The van der Waals surface area contributed by atoms with Gasteiger partial charge in [0.05, 0.1) is 30.0 Å². The van der Waals surface area contributed by atoms with Crippen LogP contribution in [0.5, 0.6) is 0 Å². The molecule has 1 aromatic heterocycles. The normalized spacial score (nSPS) is 14.2. The maximum absolute atomic E-state index is 12.4. The third-order valence-corrected chi connectivity index (χ3v) is 5.83. The van der Waals surface area contributed by atoms with Gasteiger partial charge in [0.1, 0.15) is 5.01 Å². The van der Waals surface area contributed by atoms with Gasteiger partial charge in [-0.05, 0) is 29.8 Å². The monoisotopic (exact) mass is 396 g/mol. The van der Waals surface area contributed by atoms with E-state index < -0.39 is 0 Å². The molecule has 0 atom stereocenters. The highest BCUT2D eigenvalue weighted by Gasteiger charge is 2.13. The van der Waals surface area contributed by atoms with Crippen LogP contribution < -0.4 is 10.2 Å². The number of aromatic nitrogens is 1. The van der Waals surface area contributed by atoms with Gasteiger partial charge in [-0.2, -0.15) is 0 Å². The van der Waals surface area contributed by atoms with Crippen LogP contribution in [0.4, 0.5) is 10.5 Å². The molecular weight excluding hydrogens is 372 g/mol. The van der Waals surface area contributed by atoms with Crippen LogP contribution in [-0.2, 0) is 17.8 Å². The molecule has 1 aliphatic rings. The summed E-state index contributed by atoms with van der Waals surface area (Å²) in [6.45, 7) is 4.41. The zero-order valence-electron chi connectivity index (χ0n) is 15.9. The minimum atomic E-state index is -0.100. The minimum absolute atomic E-state index is 0.100. The van der Waals surface area contributed by atoms with Gasteiger partial charge in [0, 0.05) is 32.4 Å². The third-order valence-electron chi connectivity index (χ3n) is 4.81. The molecule has 2 aromatic carbocycles. The first-order valence-electron chi connectivity index (χ1n) is 9.44. The van der Waals surface area contributed by atoms with Crippen molar-refractivity contribution in [2.24, 2.45) is 0 Å². The molecule has 1 aliphatic heterocycles. The molecule has 3 aromatic rings. The number of morpholine rings is 1. The summed E-state index contributed by atoms with van der Waals surface area (Å²) in [6.07, 6.45) is 0. The van der Waals surface area contributed by atoms with Gasteiger partial charge < -0.3 is 19.9 Å². The van der Waals surface area contributed by atoms with E-state index >= 15 is 0 Å². The van der Waals surface area contributed by atoms with Crippen molar-refractivity contribution in [3.8, 4) is 0 Å². The second-order valence-electron chi connectivity index (χ2n) is 6.86. The molecule has 2 amide bonds. The van der Waals surface area contributed by atoms with Crippen molar-refractivity contribution in [1.29, 1.82) is 0 Å². The molecule has 0 spiro atoms. The molecule has 0 saturated carbocycles. The van der Waals surface area contributed by atoms with E-state index in [1.807, 2.05) is 18.2 Å². The topological polar surface area (TPSA) is 57.7 Å². The summed E-state index contributed by atoms with van der Waals surface area (Å²) in [6, 6.07) is 16.3. The lowest BCUT2D eigenvalue weighted by Gasteiger charge is -2.29. The van der Waals surface area contributed by atoms with Gasteiger partial charge in [0.25, 0.3) is 0 Å². The Morgan fingerprint density at radius 1 is 1.18 bits per heavy atom. The maximum atomic E-state index is 12.4. The van der Waals surface area contributed by atoms with Crippen molar-refractivity contribution in [2.45, 2.75) is 13.1 Å². The summed E-state index contributed by atoms with van der Waals surface area (Å²) in [5, 5.41) is 3.92. The summed E-state index contributed by atoms with van der Waals surface area (Å²) in [5.41, 5.74) is 3.27. The summed E-state index contributed by atoms with van der Waals surface area (Å²) in [5.74, 6) is 0. The first-order valence-corrected chi connectivity index (χ1v) is 10.3. The highest BCUT2D eigenvalue weighted by atomic mass is 32.1. The lowest BCUT2D eigenvalue weighted by molar-refractivity contribution is 0.122. The molecule has 0 bridgehead atoms. The lowest BCUT2D eigenvalue weighted by atomic mass is 10.2. The van der Waals surface area contributed by atoms with E-state index in [0.717, 1.165) is 47.1 Å². The average Bonchev–Trinajstić information content (AvgIpc) is 3.15. The smallest absolute Gasteiger partial charge is 0.317 e. The van der Waals surface area contributed by atoms with E-state index in [1.54, 1.807) is 23.3 Å². The van der Waals surface area contributed by atoms with Gasteiger partial charge in [-0.1, -0.05) is 24.3 Å². The number of fused-ring (bicyclic) bond motifs is 1. The summed E-state index contributed by atoms with van der Waals surface area (Å²) < 4.78 is 6.54. The van der Waals surface area contributed by atoms with Gasteiger partial charge in [-0.15, -0.1) is 11.3 Å². The Morgan fingerprint density at radius 2 is 1.93 bits per heavy atom. The Bertz CT molecular complexity index is 902. The predicted octanol–water partition coefficient (Wildman–Crippen LogP) is 3.47. The average molecular weight is 397 g/mol. The Kier molecular flexibility index (Phi) is 5.73. The van der Waals surface area contributed by atoms with Crippen molar-refractivity contribution in [3.05, 3.63) is 59.1 Å². The molecule has 0 radical (unpaired) electrons. The molecule has 0 aliphatic carbocycles. The van der Waals surface area contributed by atoms with Crippen LogP contribution >= 0.6 is 11.3 Å². The van der Waals surface area contributed by atoms with Gasteiger partial charge in [0.15, 0.2) is 0 Å². The highest BCUT2D eigenvalue weighted by molar-refractivity contribution is 7.18. The van der Waals surface area contributed by atoms with E-state index in [9.17, 15) is 4.79 Å². The fourth-order valence-corrected chi connectivity index (χ4v) is 4.24. The minimum Gasteiger partial charge on any atom is -0.378 e. The quantitative estimate of drug-likeness (QED) is 0.717. The number of anilines is 1. The van der Waals surface area contributed by atoms with Crippen LogP contribution in [0.15, 0.2) is 48.5 Å². The molecule has 28 heavy (non-hydrogen) atoms. The molecule has 1 saturated heterocycles. The van der Waals surface area contributed by atoms with Crippen molar-refractivity contribution >= 4 is 33.3 Å². The number of para-hydroxylation sites is 1. The number of thiazole rings is 1. The molecular formula is C21H24N4O2S. The van der Waals surface area contributed by atoms with Gasteiger partial charge in [-0.3, -0.25) is 0 Å². The molecule has 4 rings (SSSR count). The Hall–Kier alpha value is -2.64. The molecule has 7 heteroatoms. The second kappa shape index (κ2) is 8.58. The number of carbonyl (C=O) groups is 1. The number of hydrogen-bond acceptors (Lipinski definition) is 5. The fraction of sp³-hybridized carbons (Fsp3) is 0.333. The number of ether oxygens (including phenoxy) is 1. The molecule has 146 valence electrons. The molecule has 0 unspecified atom stereocenters. The van der Waals surface area contributed by atoms with Crippen LogP contribution in [-0.4, -0.2) is 49.3 Å². The van der Waals surface area contributed by atoms with Crippen molar-refractivity contribution < 1.29 is 9.53 Å². The number of amides is 2. The second-order valence-corrected chi connectivity index (χ2v) is 7.97. The van der Waals surface area contributed by atoms with Crippen molar-refractivity contribution in [2.75, 3.05) is 38.3 Å². The Labute approximate surface area is 168 Å². The van der Waals surface area contributed by atoms with Crippen LogP contribution in [0.3, 0.4) is 0 Å². The standard InChI is InChI=1S/C21H24N4O2S/c1-24(15-20-23-18-4-2-3-5-19(18)28-20)21(26)22-14-16-6-8-17(9-7-16)25-10-12-27-13-11-25/h2-9H,10-15H2,1H3,(H,22,26).